The molecule has 0 radical (unpaired) electrons. The van der Waals surface area contributed by atoms with Crippen molar-refractivity contribution in [2.75, 3.05) is 38.8 Å². The van der Waals surface area contributed by atoms with E-state index < -0.39 is 44.1 Å². The van der Waals surface area contributed by atoms with Crippen LogP contribution in [0.4, 0.5) is 10.7 Å². The van der Waals surface area contributed by atoms with Crippen LogP contribution in [-0.4, -0.2) is 76.5 Å². The average Bonchev–Trinajstić information content (AvgIpc) is 3.75. The van der Waals surface area contributed by atoms with E-state index >= 15 is 0 Å². The maximum atomic E-state index is 13.4. The van der Waals surface area contributed by atoms with Crippen LogP contribution in [0, 0.1) is 5.92 Å². The highest BCUT2D eigenvalue weighted by molar-refractivity contribution is 7.48. The Morgan fingerprint density at radius 3 is 2.93 bits per heavy atom. The number of aromatic nitrogens is 4. The van der Waals surface area contributed by atoms with Crippen molar-refractivity contribution in [3.05, 3.63) is 41.2 Å². The molecule has 4 aliphatic heterocycles. The lowest BCUT2D eigenvalue weighted by Crippen LogP contribution is -2.42. The first-order valence-electron chi connectivity index (χ1n) is 13.8. The van der Waals surface area contributed by atoms with Crippen molar-refractivity contribution in [1.82, 2.24) is 19.5 Å². The summed E-state index contributed by atoms with van der Waals surface area (Å²) in [5, 5.41) is 0.525. The predicted molar refractivity (Wildman–Crippen MR) is 147 cm³/mol. The van der Waals surface area contributed by atoms with E-state index in [9.17, 15) is 9.36 Å². The number of nitrogen functional groups attached to an aromatic ring is 1. The van der Waals surface area contributed by atoms with E-state index in [4.69, 9.17) is 54.6 Å². The average molecular weight is 638 g/mol. The minimum Gasteiger partial charge on any atom is -0.476 e. The number of phosphoric acid groups is 1. The van der Waals surface area contributed by atoms with Crippen molar-refractivity contribution in [3.63, 3.8) is 0 Å². The fourth-order valence-corrected chi connectivity index (χ4v) is 7.32. The quantitative estimate of drug-likeness (QED) is 0.277. The second kappa shape index (κ2) is 11.1. The summed E-state index contributed by atoms with van der Waals surface area (Å²) in [5.41, 5.74) is 6.10. The van der Waals surface area contributed by atoms with Crippen LogP contribution in [-0.2, 0) is 37.1 Å². The Morgan fingerprint density at radius 2 is 2.12 bits per heavy atom. The largest absolute Gasteiger partial charge is 0.509 e. The summed E-state index contributed by atoms with van der Waals surface area (Å²) in [6.07, 6.45) is -1.44. The van der Waals surface area contributed by atoms with Gasteiger partial charge in [-0.15, -0.1) is 0 Å². The van der Waals surface area contributed by atoms with Crippen molar-refractivity contribution in [2.45, 2.75) is 49.9 Å². The van der Waals surface area contributed by atoms with Gasteiger partial charge in [0.2, 0.25) is 11.8 Å². The van der Waals surface area contributed by atoms with Crippen LogP contribution in [0.2, 0.25) is 5.02 Å². The van der Waals surface area contributed by atoms with Crippen molar-refractivity contribution in [3.8, 4) is 5.88 Å². The first-order valence-corrected chi connectivity index (χ1v) is 15.6. The molecule has 0 spiro atoms. The van der Waals surface area contributed by atoms with Gasteiger partial charge in [-0.05, 0) is 31.0 Å². The van der Waals surface area contributed by atoms with Gasteiger partial charge >= 0.3 is 14.0 Å². The lowest BCUT2D eigenvalue weighted by Gasteiger charge is -2.30. The summed E-state index contributed by atoms with van der Waals surface area (Å²) >= 11 is 6.12. The molecule has 0 saturated carbocycles. The number of rotatable bonds is 8. The number of imidazole rings is 1. The molecular weight excluding hydrogens is 609 g/mol. The Labute approximate surface area is 250 Å². The second-order valence-electron chi connectivity index (χ2n) is 10.9. The van der Waals surface area contributed by atoms with Crippen molar-refractivity contribution >= 4 is 42.7 Å². The molecule has 17 heteroatoms. The number of nitrogens with two attached hydrogens (primary N) is 1. The van der Waals surface area contributed by atoms with Gasteiger partial charge in [0, 0.05) is 24.0 Å². The fraction of sp³-hybridized carbons (Fsp3) is 0.538. The Morgan fingerprint density at radius 1 is 1.23 bits per heavy atom. The summed E-state index contributed by atoms with van der Waals surface area (Å²) in [6, 6.07) is 7.07. The molecule has 7 rings (SSSR count). The lowest BCUT2D eigenvalue weighted by atomic mass is 9.96. The lowest BCUT2D eigenvalue weighted by molar-refractivity contribution is -0.0925. The first-order chi connectivity index (χ1) is 20.7. The van der Waals surface area contributed by atoms with E-state index in [1.807, 2.05) is 6.07 Å². The van der Waals surface area contributed by atoms with Gasteiger partial charge in [0.1, 0.15) is 6.10 Å². The number of anilines is 1. The number of halogens is 1. The van der Waals surface area contributed by atoms with Gasteiger partial charge in [-0.3, -0.25) is 18.1 Å². The van der Waals surface area contributed by atoms with Crippen molar-refractivity contribution in [1.29, 1.82) is 0 Å². The number of hydrogen-bond donors (Lipinski definition) is 1. The third-order valence-corrected chi connectivity index (χ3v) is 9.58. The maximum Gasteiger partial charge on any atom is 0.509 e. The van der Waals surface area contributed by atoms with Crippen LogP contribution < -0.4 is 10.5 Å². The molecule has 2 N–H and O–H groups in total. The molecular formula is C26H29ClN5O10P. The number of phosphoric ester groups is 1. The zero-order valence-electron chi connectivity index (χ0n) is 23.0. The molecule has 4 fully saturated rings. The fourth-order valence-electron chi connectivity index (χ4n) is 5.73. The number of benzene rings is 1. The smallest absolute Gasteiger partial charge is 0.476 e. The van der Waals surface area contributed by atoms with Crippen molar-refractivity contribution < 1.29 is 46.6 Å². The highest BCUT2D eigenvalue weighted by atomic mass is 35.5. The molecule has 4 aliphatic rings. The van der Waals surface area contributed by atoms with E-state index in [0.717, 1.165) is 12.0 Å². The molecule has 6 heterocycles. The van der Waals surface area contributed by atoms with Crippen LogP contribution in [0.25, 0.3) is 11.2 Å². The summed E-state index contributed by atoms with van der Waals surface area (Å²) in [4.78, 5) is 25.4. The monoisotopic (exact) mass is 637 g/mol. The Bertz CT molecular complexity index is 1590. The molecule has 0 unspecified atom stereocenters. The minimum atomic E-state index is -4.01. The van der Waals surface area contributed by atoms with Crippen molar-refractivity contribution in [2.24, 2.45) is 5.92 Å². The van der Waals surface area contributed by atoms with E-state index in [1.54, 1.807) is 29.7 Å². The van der Waals surface area contributed by atoms with E-state index in [2.05, 4.69) is 15.0 Å². The van der Waals surface area contributed by atoms with E-state index in [1.165, 1.54) is 6.33 Å². The molecule has 15 nitrogen and oxygen atoms in total. The summed E-state index contributed by atoms with van der Waals surface area (Å²) in [7, 11) is -4.01. The highest BCUT2D eigenvalue weighted by Crippen LogP contribution is 2.58. The highest BCUT2D eigenvalue weighted by Gasteiger charge is 2.64. The zero-order valence-corrected chi connectivity index (χ0v) is 24.6. The molecule has 43 heavy (non-hydrogen) atoms. The van der Waals surface area contributed by atoms with Gasteiger partial charge in [-0.1, -0.05) is 23.7 Å². The number of ether oxygens (including phenoxy) is 5. The molecule has 230 valence electrons. The topological polar surface area (TPSA) is 178 Å². The van der Waals surface area contributed by atoms with Crippen LogP contribution >= 0.6 is 19.4 Å². The molecule has 0 amide bonds. The molecule has 1 aromatic carbocycles. The number of nitrogens with zero attached hydrogens (tertiary/aromatic N) is 4. The summed E-state index contributed by atoms with van der Waals surface area (Å²) in [5.74, 6) is 0.406. The molecule has 7 atom stereocenters. The maximum absolute atomic E-state index is 13.4. The minimum absolute atomic E-state index is 0.0369. The first kappa shape index (κ1) is 28.7. The van der Waals surface area contributed by atoms with Gasteiger partial charge in [-0.25, -0.2) is 14.3 Å². The molecule has 2 aromatic heterocycles. The third kappa shape index (κ3) is 5.43. The number of carbonyl (C=O) groups excluding carboxylic acids is 1. The van der Waals surface area contributed by atoms with E-state index in [-0.39, 0.29) is 31.0 Å². The Hall–Kier alpha value is -3.04. The third-order valence-electron chi connectivity index (χ3n) is 7.87. The second-order valence-corrected chi connectivity index (χ2v) is 12.9. The zero-order chi connectivity index (χ0) is 29.8. The predicted octanol–water partition coefficient (Wildman–Crippen LogP) is 3.97. The van der Waals surface area contributed by atoms with Crippen LogP contribution in [0.1, 0.15) is 37.7 Å². The van der Waals surface area contributed by atoms with Gasteiger partial charge in [0.25, 0.3) is 0 Å². The Balaban J connectivity index is 1.11. The van der Waals surface area contributed by atoms with Crippen LogP contribution in [0.15, 0.2) is 30.6 Å². The van der Waals surface area contributed by atoms with Gasteiger partial charge in [0.15, 0.2) is 29.1 Å². The molecule has 3 aromatic rings. The standard InChI is InChI=1S/C26H29ClN5O10P/c1-26-20(40-25(33)41-26)18(12-38-43(34)37-8-6-17(42-43)15-3-2-4-16(27)9-15)39-23(26)32-13-29-19-21(32)30-24(28)31-22(19)36-11-14-5-7-35-10-14/h2-4,9,13-14,17-18,20,23H,5-8,10-12H2,1H3,(H2,28,30,31)/t14-,17-,18+,20+,23+,26+,43+/m0/s1. The number of fused-ring (bicyclic) bond motifs is 2. The SMILES string of the molecule is C[C@@]12OC(=O)O[C@@H]1[C@@H](CO[P@@]1(=O)OCC[C@@H](c3cccc(Cl)c3)O1)O[C@H]2n1cnc2c(OC[C@H]3CCOC3)nc(N)nc21. The number of hydrogen-bond acceptors (Lipinski definition) is 14. The molecule has 0 aliphatic carbocycles. The van der Waals surface area contributed by atoms with E-state index in [0.29, 0.717) is 42.4 Å². The van der Waals surface area contributed by atoms with Gasteiger partial charge < -0.3 is 29.4 Å². The van der Waals surface area contributed by atoms with Crippen LogP contribution in [0.5, 0.6) is 5.88 Å². The Kier molecular flexibility index (Phi) is 7.45. The summed E-state index contributed by atoms with van der Waals surface area (Å²) in [6.45, 7) is 3.17. The van der Waals surface area contributed by atoms with Gasteiger partial charge in [0.05, 0.1) is 38.9 Å². The number of carbonyl (C=O) groups is 1. The molecule has 4 saturated heterocycles. The molecule has 0 bridgehead atoms. The van der Waals surface area contributed by atoms with Crippen LogP contribution in [0.3, 0.4) is 0 Å². The summed E-state index contributed by atoms with van der Waals surface area (Å²) < 4.78 is 60.7. The van der Waals surface area contributed by atoms with Gasteiger partial charge in [-0.2, -0.15) is 9.97 Å². The normalized spacial score (nSPS) is 33.8.